The summed E-state index contributed by atoms with van der Waals surface area (Å²) in [5, 5.41) is 0. The number of hydrogen-bond donors (Lipinski definition) is 1. The van der Waals surface area contributed by atoms with E-state index < -0.39 is 10.0 Å². The third-order valence-corrected chi connectivity index (χ3v) is 5.58. The number of aryl methyl sites for hydroxylation is 1. The van der Waals surface area contributed by atoms with Crippen LogP contribution in [0.1, 0.15) is 11.4 Å². The second-order valence-electron chi connectivity index (χ2n) is 5.29. The Hall–Kier alpha value is -1.96. The van der Waals surface area contributed by atoms with Crippen LogP contribution in [0.3, 0.4) is 0 Å². The van der Waals surface area contributed by atoms with E-state index in [0.717, 1.165) is 21.5 Å². The third kappa shape index (κ3) is 3.75. The Bertz CT molecular complexity index is 933. The number of imidazole rings is 1. The van der Waals surface area contributed by atoms with E-state index in [4.69, 9.17) is 0 Å². The second-order valence-corrected chi connectivity index (χ2v) is 7.97. The van der Waals surface area contributed by atoms with Crippen molar-refractivity contribution in [2.45, 2.75) is 18.4 Å². The number of nitrogens with one attached hydrogen (secondary N) is 1. The molecular formula is C17H16BrN3O2S. The van der Waals surface area contributed by atoms with E-state index in [1.165, 1.54) is 0 Å². The number of halogens is 1. The van der Waals surface area contributed by atoms with Crippen LogP contribution in [0.15, 0.2) is 70.3 Å². The van der Waals surface area contributed by atoms with Crippen LogP contribution in [0, 0.1) is 6.92 Å². The van der Waals surface area contributed by atoms with Crippen molar-refractivity contribution in [1.82, 2.24) is 14.3 Å². The van der Waals surface area contributed by atoms with E-state index in [2.05, 4.69) is 25.6 Å². The summed E-state index contributed by atoms with van der Waals surface area (Å²) in [6.07, 6.45) is 3.64. The topological polar surface area (TPSA) is 64.0 Å². The number of benzene rings is 2. The van der Waals surface area contributed by atoms with Gasteiger partial charge in [-0.3, -0.25) is 0 Å². The molecule has 0 saturated carbocycles. The lowest BCUT2D eigenvalue weighted by atomic mass is 10.2. The maximum atomic E-state index is 12.3. The first kappa shape index (κ1) is 16.9. The lowest BCUT2D eigenvalue weighted by molar-refractivity contribution is 0.581. The fraction of sp³-hybridized carbons (Fsp3) is 0.118. The van der Waals surface area contributed by atoms with Crippen LogP contribution >= 0.6 is 15.9 Å². The summed E-state index contributed by atoms with van der Waals surface area (Å²) in [5.74, 6) is 0.902. The van der Waals surface area contributed by atoms with Crippen LogP contribution in [0.25, 0.3) is 5.69 Å². The molecule has 24 heavy (non-hydrogen) atoms. The predicted octanol–water partition coefficient (Wildman–Crippen LogP) is 3.42. The maximum Gasteiger partial charge on any atom is 0.240 e. The van der Waals surface area contributed by atoms with Gasteiger partial charge in [0.2, 0.25) is 10.0 Å². The molecule has 0 bridgehead atoms. The monoisotopic (exact) mass is 405 g/mol. The molecule has 5 nitrogen and oxygen atoms in total. The van der Waals surface area contributed by atoms with Gasteiger partial charge in [-0.2, -0.15) is 0 Å². The van der Waals surface area contributed by atoms with Gasteiger partial charge in [0.15, 0.2) is 0 Å². The zero-order valence-corrected chi connectivity index (χ0v) is 15.4. The van der Waals surface area contributed by atoms with Crippen molar-refractivity contribution >= 4 is 26.0 Å². The van der Waals surface area contributed by atoms with Gasteiger partial charge in [0.1, 0.15) is 5.82 Å². The highest BCUT2D eigenvalue weighted by Crippen LogP contribution is 2.16. The molecule has 124 valence electrons. The van der Waals surface area contributed by atoms with Crippen molar-refractivity contribution < 1.29 is 8.42 Å². The van der Waals surface area contributed by atoms with Gasteiger partial charge >= 0.3 is 0 Å². The number of sulfonamides is 1. The molecule has 7 heteroatoms. The van der Waals surface area contributed by atoms with Gasteiger partial charge in [-0.15, -0.1) is 0 Å². The van der Waals surface area contributed by atoms with Crippen LogP contribution in [-0.2, 0) is 16.6 Å². The number of rotatable bonds is 5. The minimum Gasteiger partial charge on any atom is -0.304 e. The summed E-state index contributed by atoms with van der Waals surface area (Å²) in [5.41, 5.74) is 1.88. The Kier molecular flexibility index (Phi) is 4.84. The highest BCUT2D eigenvalue weighted by molar-refractivity contribution is 9.10. The van der Waals surface area contributed by atoms with Gasteiger partial charge in [-0.1, -0.05) is 28.1 Å². The number of nitrogens with zero attached hydrogens (tertiary/aromatic N) is 2. The van der Waals surface area contributed by atoms with Crippen molar-refractivity contribution in [3.05, 3.63) is 76.8 Å². The smallest absolute Gasteiger partial charge is 0.240 e. The third-order valence-electron chi connectivity index (χ3n) is 3.63. The van der Waals surface area contributed by atoms with Gasteiger partial charge in [-0.25, -0.2) is 18.1 Å². The summed E-state index contributed by atoms with van der Waals surface area (Å²) < 4.78 is 30.0. The Morgan fingerprint density at radius 2 is 1.75 bits per heavy atom. The van der Waals surface area contributed by atoms with Crippen molar-refractivity contribution in [2.24, 2.45) is 0 Å². The first-order chi connectivity index (χ1) is 11.5. The van der Waals surface area contributed by atoms with E-state index in [0.29, 0.717) is 0 Å². The van der Waals surface area contributed by atoms with E-state index in [1.54, 1.807) is 30.5 Å². The van der Waals surface area contributed by atoms with Gasteiger partial charge in [-0.05, 0) is 48.9 Å². The molecule has 0 fully saturated rings. The van der Waals surface area contributed by atoms with Crippen LogP contribution in [-0.4, -0.2) is 18.0 Å². The van der Waals surface area contributed by atoms with Gasteiger partial charge in [0.25, 0.3) is 0 Å². The Morgan fingerprint density at radius 3 is 2.33 bits per heavy atom. The van der Waals surface area contributed by atoms with Gasteiger partial charge < -0.3 is 4.57 Å². The summed E-state index contributed by atoms with van der Waals surface area (Å²) >= 11 is 3.29. The molecule has 0 atom stereocenters. The molecule has 3 rings (SSSR count). The lowest BCUT2D eigenvalue weighted by Gasteiger charge is -2.09. The molecule has 0 amide bonds. The molecule has 0 spiro atoms. The zero-order chi connectivity index (χ0) is 17.2. The standard InChI is InChI=1S/C17H16BrN3O2S/c1-13-19-10-11-21(13)16-6-2-14(3-7-16)12-20-24(22,23)17-8-4-15(18)5-9-17/h2-11,20H,12H2,1H3. The molecule has 1 aromatic heterocycles. The fourth-order valence-electron chi connectivity index (χ4n) is 2.30. The SMILES string of the molecule is Cc1nccn1-c1ccc(CNS(=O)(=O)c2ccc(Br)cc2)cc1. The first-order valence-corrected chi connectivity index (χ1v) is 9.58. The molecule has 3 aromatic rings. The molecule has 2 aromatic carbocycles. The zero-order valence-electron chi connectivity index (χ0n) is 13.0. The molecular weight excluding hydrogens is 390 g/mol. The maximum absolute atomic E-state index is 12.3. The van der Waals surface area contributed by atoms with E-state index >= 15 is 0 Å². The summed E-state index contributed by atoms with van der Waals surface area (Å²) in [6.45, 7) is 2.17. The fourth-order valence-corrected chi connectivity index (χ4v) is 3.58. The first-order valence-electron chi connectivity index (χ1n) is 7.30. The Morgan fingerprint density at radius 1 is 1.08 bits per heavy atom. The molecule has 0 radical (unpaired) electrons. The molecule has 0 aliphatic heterocycles. The van der Waals surface area contributed by atoms with Crippen LogP contribution in [0.2, 0.25) is 0 Å². The van der Waals surface area contributed by atoms with Gasteiger partial charge in [0, 0.05) is 29.1 Å². The van der Waals surface area contributed by atoms with E-state index in [9.17, 15) is 8.42 Å². The lowest BCUT2D eigenvalue weighted by Crippen LogP contribution is -2.23. The van der Waals surface area contributed by atoms with Gasteiger partial charge in [0.05, 0.1) is 4.90 Å². The quantitative estimate of drug-likeness (QED) is 0.706. The van der Waals surface area contributed by atoms with Crippen molar-refractivity contribution in [3.63, 3.8) is 0 Å². The molecule has 1 N–H and O–H groups in total. The highest BCUT2D eigenvalue weighted by atomic mass is 79.9. The highest BCUT2D eigenvalue weighted by Gasteiger charge is 2.13. The van der Waals surface area contributed by atoms with Crippen molar-refractivity contribution in [1.29, 1.82) is 0 Å². The minimum absolute atomic E-state index is 0.238. The summed E-state index contributed by atoms with van der Waals surface area (Å²) in [7, 11) is -3.52. The van der Waals surface area contributed by atoms with Crippen LogP contribution < -0.4 is 4.72 Å². The summed E-state index contributed by atoms with van der Waals surface area (Å²) in [4.78, 5) is 4.44. The van der Waals surface area contributed by atoms with Crippen LogP contribution in [0.5, 0.6) is 0 Å². The molecule has 1 heterocycles. The van der Waals surface area contributed by atoms with Crippen molar-refractivity contribution in [3.8, 4) is 5.69 Å². The van der Waals surface area contributed by atoms with Crippen LogP contribution in [0.4, 0.5) is 0 Å². The van der Waals surface area contributed by atoms with E-state index in [-0.39, 0.29) is 11.4 Å². The predicted molar refractivity (Wildman–Crippen MR) is 96.5 cm³/mol. The molecule has 0 aliphatic rings. The van der Waals surface area contributed by atoms with Crippen molar-refractivity contribution in [2.75, 3.05) is 0 Å². The number of hydrogen-bond acceptors (Lipinski definition) is 3. The number of aromatic nitrogens is 2. The largest absolute Gasteiger partial charge is 0.304 e. The average Bonchev–Trinajstić information content (AvgIpc) is 3.00. The Labute approximate surface area is 149 Å². The normalized spacial score (nSPS) is 11.6. The molecule has 0 aliphatic carbocycles. The molecule has 0 saturated heterocycles. The Balaban J connectivity index is 1.70. The average molecular weight is 406 g/mol. The summed E-state index contributed by atoms with van der Waals surface area (Å²) in [6, 6.07) is 14.2. The minimum atomic E-state index is -3.52. The van der Waals surface area contributed by atoms with E-state index in [1.807, 2.05) is 42.0 Å². The molecule has 0 unspecified atom stereocenters. The second kappa shape index (κ2) is 6.88.